The summed E-state index contributed by atoms with van der Waals surface area (Å²) >= 11 is 0. The number of hydrogen-bond donors (Lipinski definition) is 5. The quantitative estimate of drug-likeness (QED) is 0.450. The van der Waals surface area contributed by atoms with Gasteiger partial charge in [0.1, 0.15) is 35.7 Å². The normalized spacial score (nSPS) is 29.3. The highest BCUT2D eigenvalue weighted by molar-refractivity contribution is 5.89. The lowest BCUT2D eigenvalue weighted by molar-refractivity contribution is -0.277. The van der Waals surface area contributed by atoms with E-state index in [0.29, 0.717) is 16.5 Å². The summed E-state index contributed by atoms with van der Waals surface area (Å²) in [5.41, 5.74) is 0.829. The lowest BCUT2D eigenvalue weighted by Gasteiger charge is -2.39. The molecule has 1 fully saturated rings. The molecule has 1 aliphatic heterocycles. The molecule has 2 aromatic rings. The molecule has 0 bridgehead atoms. The van der Waals surface area contributed by atoms with Gasteiger partial charge in [0, 0.05) is 23.1 Å². The molecule has 26 heavy (non-hydrogen) atoms. The fourth-order valence-corrected chi connectivity index (χ4v) is 2.69. The van der Waals surface area contributed by atoms with Gasteiger partial charge in [-0.25, -0.2) is 4.79 Å². The van der Waals surface area contributed by atoms with Gasteiger partial charge in [0.2, 0.25) is 6.29 Å². The van der Waals surface area contributed by atoms with E-state index in [4.69, 9.17) is 19.0 Å². The zero-order chi connectivity index (χ0) is 18.8. The Morgan fingerprint density at radius 3 is 2.65 bits per heavy atom. The monoisotopic (exact) mass is 366 g/mol. The highest BCUT2D eigenvalue weighted by atomic mass is 16.7. The summed E-state index contributed by atoms with van der Waals surface area (Å²) in [7, 11) is 0. The minimum atomic E-state index is -1.59. The molecule has 2 heterocycles. The van der Waals surface area contributed by atoms with E-state index in [1.807, 2.05) is 0 Å². The van der Waals surface area contributed by atoms with Crippen LogP contribution in [0.3, 0.4) is 0 Å². The lowest BCUT2D eigenvalue weighted by Crippen LogP contribution is -2.60. The van der Waals surface area contributed by atoms with Crippen molar-refractivity contribution >= 4 is 23.0 Å². The predicted octanol–water partition coefficient (Wildman–Crippen LogP) is -0.291. The Morgan fingerprint density at radius 2 is 1.96 bits per heavy atom. The van der Waals surface area contributed by atoms with Crippen molar-refractivity contribution in [2.75, 3.05) is 6.61 Å². The van der Waals surface area contributed by atoms with Crippen molar-refractivity contribution in [1.29, 1.82) is 0 Å². The number of carbonyl (C=O) groups is 1. The van der Waals surface area contributed by atoms with Gasteiger partial charge >= 0.3 is 5.97 Å². The average Bonchev–Trinajstić information content (AvgIpc) is 3.07. The molecule has 140 valence electrons. The molecule has 9 heteroatoms. The summed E-state index contributed by atoms with van der Waals surface area (Å²) in [5.74, 6) is -1.02. The van der Waals surface area contributed by atoms with E-state index in [0.717, 1.165) is 6.08 Å². The number of aliphatic hydroxyl groups is 4. The molecule has 0 spiro atoms. The van der Waals surface area contributed by atoms with Crippen LogP contribution in [0.5, 0.6) is 5.75 Å². The van der Waals surface area contributed by atoms with Crippen LogP contribution in [-0.2, 0) is 9.53 Å². The summed E-state index contributed by atoms with van der Waals surface area (Å²) in [4.78, 5) is 10.8. The molecule has 0 saturated carbocycles. The number of aliphatic hydroxyl groups excluding tert-OH is 4. The topological polar surface area (TPSA) is 150 Å². The van der Waals surface area contributed by atoms with E-state index in [9.17, 15) is 25.2 Å². The van der Waals surface area contributed by atoms with Crippen LogP contribution >= 0.6 is 0 Å². The summed E-state index contributed by atoms with van der Waals surface area (Å²) in [5, 5.41) is 48.5. The van der Waals surface area contributed by atoms with E-state index in [1.54, 1.807) is 12.1 Å². The molecular weight excluding hydrogens is 348 g/mol. The third-order valence-electron chi connectivity index (χ3n) is 4.08. The molecule has 1 aromatic heterocycles. The first kappa shape index (κ1) is 18.4. The van der Waals surface area contributed by atoms with Crippen LogP contribution in [0.4, 0.5) is 0 Å². The summed E-state index contributed by atoms with van der Waals surface area (Å²) < 4.78 is 16.2. The Kier molecular flexibility index (Phi) is 5.25. The number of rotatable bonds is 5. The SMILES string of the molecule is O=C(O)/C=C\c1cc2ccoc2cc1OC1OC(CO)C(O)C(O)C1O. The fourth-order valence-electron chi connectivity index (χ4n) is 2.69. The van der Waals surface area contributed by atoms with Gasteiger partial charge in [-0.15, -0.1) is 0 Å². The summed E-state index contributed by atoms with van der Waals surface area (Å²) in [6.07, 6.45) is -3.53. The highest BCUT2D eigenvalue weighted by Gasteiger charge is 2.44. The number of hydrogen-bond acceptors (Lipinski definition) is 8. The van der Waals surface area contributed by atoms with Crippen LogP contribution in [0.15, 0.2) is 35.0 Å². The number of fused-ring (bicyclic) bond motifs is 1. The molecule has 1 aromatic carbocycles. The van der Waals surface area contributed by atoms with E-state index in [-0.39, 0.29) is 5.75 Å². The summed E-state index contributed by atoms with van der Waals surface area (Å²) in [6.45, 7) is -0.589. The lowest BCUT2D eigenvalue weighted by atomic mass is 9.99. The van der Waals surface area contributed by atoms with Crippen molar-refractivity contribution in [2.24, 2.45) is 0 Å². The molecule has 9 nitrogen and oxygen atoms in total. The smallest absolute Gasteiger partial charge is 0.328 e. The maximum atomic E-state index is 10.8. The largest absolute Gasteiger partial charge is 0.478 e. The number of benzene rings is 1. The van der Waals surface area contributed by atoms with Crippen molar-refractivity contribution in [3.63, 3.8) is 0 Å². The second-order valence-corrected chi connectivity index (χ2v) is 5.84. The Morgan fingerprint density at radius 1 is 1.19 bits per heavy atom. The van der Waals surface area contributed by atoms with Crippen LogP contribution in [0.1, 0.15) is 5.56 Å². The fraction of sp³-hybridized carbons (Fsp3) is 0.353. The minimum Gasteiger partial charge on any atom is -0.478 e. The van der Waals surface area contributed by atoms with Crippen molar-refractivity contribution in [3.05, 3.63) is 36.1 Å². The molecular formula is C17H18O9. The molecule has 0 radical (unpaired) electrons. The van der Waals surface area contributed by atoms with Crippen LogP contribution in [0.25, 0.3) is 17.0 Å². The summed E-state index contributed by atoms with van der Waals surface area (Å²) in [6, 6.07) is 4.79. The van der Waals surface area contributed by atoms with Crippen molar-refractivity contribution in [3.8, 4) is 5.75 Å². The number of ether oxygens (including phenoxy) is 2. The van der Waals surface area contributed by atoms with E-state index in [1.165, 1.54) is 18.4 Å². The standard InChI is InChI=1S/C17H18O9/c18-7-12-14(21)15(22)16(23)17(26-12)25-11-6-10-9(3-4-24-10)5-8(11)1-2-13(19)20/h1-6,12,14-18,21-23H,7H2,(H,19,20)/b2-1-. The maximum absolute atomic E-state index is 10.8. The van der Waals surface area contributed by atoms with Gasteiger partial charge in [0.05, 0.1) is 12.9 Å². The van der Waals surface area contributed by atoms with Crippen molar-refractivity contribution < 1.29 is 44.2 Å². The Balaban J connectivity index is 1.93. The molecule has 3 rings (SSSR count). The van der Waals surface area contributed by atoms with E-state index in [2.05, 4.69) is 0 Å². The molecule has 1 aliphatic rings. The molecule has 5 atom stereocenters. The van der Waals surface area contributed by atoms with Gasteiger partial charge in [-0.2, -0.15) is 0 Å². The number of carboxylic acid groups (broad SMARTS) is 1. The number of carboxylic acids is 1. The van der Waals surface area contributed by atoms with Gasteiger partial charge in [0.15, 0.2) is 0 Å². The maximum Gasteiger partial charge on any atom is 0.328 e. The second kappa shape index (κ2) is 7.44. The van der Waals surface area contributed by atoms with Gasteiger partial charge < -0.3 is 39.4 Å². The Bertz CT molecular complexity index is 810. The minimum absolute atomic E-state index is 0.134. The van der Waals surface area contributed by atoms with Gasteiger partial charge in [-0.05, 0) is 18.2 Å². The van der Waals surface area contributed by atoms with E-state index < -0.39 is 43.3 Å². The zero-order valence-electron chi connectivity index (χ0n) is 13.4. The predicted molar refractivity (Wildman–Crippen MR) is 87.3 cm³/mol. The van der Waals surface area contributed by atoms with Gasteiger partial charge in [-0.1, -0.05) is 0 Å². The number of aliphatic carboxylic acids is 1. The van der Waals surface area contributed by atoms with Crippen molar-refractivity contribution in [1.82, 2.24) is 0 Å². The van der Waals surface area contributed by atoms with Crippen LogP contribution in [0.2, 0.25) is 0 Å². The van der Waals surface area contributed by atoms with Crippen LogP contribution < -0.4 is 4.74 Å². The third-order valence-corrected chi connectivity index (χ3v) is 4.08. The Hall–Kier alpha value is -2.43. The first-order valence-electron chi connectivity index (χ1n) is 7.80. The molecule has 1 saturated heterocycles. The van der Waals surface area contributed by atoms with E-state index >= 15 is 0 Å². The molecule has 0 amide bonds. The number of furan rings is 1. The van der Waals surface area contributed by atoms with Crippen molar-refractivity contribution in [2.45, 2.75) is 30.7 Å². The zero-order valence-corrected chi connectivity index (χ0v) is 13.4. The first-order valence-corrected chi connectivity index (χ1v) is 7.80. The molecule has 5 N–H and O–H groups in total. The third kappa shape index (κ3) is 3.57. The average molecular weight is 366 g/mol. The Labute approximate surface area is 147 Å². The highest BCUT2D eigenvalue weighted by Crippen LogP contribution is 2.31. The molecule has 0 aliphatic carbocycles. The van der Waals surface area contributed by atoms with Crippen LogP contribution in [0, 0.1) is 0 Å². The van der Waals surface area contributed by atoms with Crippen LogP contribution in [-0.4, -0.2) is 68.8 Å². The second-order valence-electron chi connectivity index (χ2n) is 5.84. The first-order chi connectivity index (χ1) is 12.4. The van der Waals surface area contributed by atoms with Gasteiger partial charge in [0.25, 0.3) is 0 Å². The van der Waals surface area contributed by atoms with Gasteiger partial charge in [-0.3, -0.25) is 0 Å². The molecule has 5 unspecified atom stereocenters.